The van der Waals surface area contributed by atoms with Crippen molar-refractivity contribution in [3.63, 3.8) is 0 Å². The van der Waals surface area contributed by atoms with Crippen LogP contribution in [0.5, 0.6) is 11.8 Å². The zero-order chi connectivity index (χ0) is 36.6. The van der Waals surface area contributed by atoms with Crippen LogP contribution in [0, 0.1) is 24.0 Å². The molecule has 2 unspecified atom stereocenters. The van der Waals surface area contributed by atoms with Gasteiger partial charge in [-0.2, -0.15) is 15.1 Å². The summed E-state index contributed by atoms with van der Waals surface area (Å²) in [6, 6.07) is 5.88. The average Bonchev–Trinajstić information content (AvgIpc) is 3.86. The van der Waals surface area contributed by atoms with E-state index < -0.39 is 23.3 Å². The lowest BCUT2D eigenvalue weighted by molar-refractivity contribution is 0.107. The SMILES string of the molecule is C#Cc1c(F)ccc2cc(O)cc(-c3c(F)c4nc(OC[C@@]56CCCN5C[C@H](F)C6)nc(N5C6CCC5CN(CCCOC)C6)c4c4cn(C)nc34)c12. The largest absolute Gasteiger partial charge is 0.508 e. The molecule has 0 saturated carbocycles. The van der Waals surface area contributed by atoms with Gasteiger partial charge >= 0.3 is 6.01 Å². The number of likely N-dealkylation sites (tertiary alicyclic amines) is 1. The van der Waals surface area contributed by atoms with Crippen LogP contribution in [0.3, 0.4) is 0 Å². The molecule has 4 aliphatic heterocycles. The molecule has 2 aromatic heterocycles. The Morgan fingerprint density at radius 1 is 1.08 bits per heavy atom. The maximum atomic E-state index is 17.7. The van der Waals surface area contributed by atoms with E-state index in [1.807, 2.05) is 6.20 Å². The smallest absolute Gasteiger partial charge is 0.319 e. The minimum Gasteiger partial charge on any atom is -0.508 e. The predicted molar refractivity (Wildman–Crippen MR) is 197 cm³/mol. The van der Waals surface area contributed by atoms with Gasteiger partial charge in [0.1, 0.15) is 41.2 Å². The van der Waals surface area contributed by atoms with E-state index >= 15 is 8.78 Å². The molecule has 1 N–H and O–H groups in total. The van der Waals surface area contributed by atoms with Gasteiger partial charge in [0.2, 0.25) is 0 Å². The zero-order valence-electron chi connectivity index (χ0n) is 29.9. The summed E-state index contributed by atoms with van der Waals surface area (Å²) in [4.78, 5) is 16.8. The Morgan fingerprint density at radius 2 is 1.89 bits per heavy atom. The molecule has 4 fully saturated rings. The van der Waals surface area contributed by atoms with Crippen LogP contribution in [0.1, 0.15) is 44.1 Å². The quantitative estimate of drug-likeness (QED) is 0.146. The molecule has 10 nitrogen and oxygen atoms in total. The van der Waals surface area contributed by atoms with Crippen LogP contribution >= 0.6 is 0 Å². The van der Waals surface area contributed by atoms with Gasteiger partial charge in [-0.15, -0.1) is 6.42 Å². The number of fused-ring (bicyclic) bond motifs is 7. The maximum absolute atomic E-state index is 17.7. The normalized spacial score (nSPS) is 24.5. The topological polar surface area (TPSA) is 92.0 Å². The molecule has 3 aromatic carbocycles. The molecule has 0 radical (unpaired) electrons. The number of anilines is 1. The van der Waals surface area contributed by atoms with Gasteiger partial charge in [0.15, 0.2) is 5.82 Å². The van der Waals surface area contributed by atoms with Crippen LogP contribution < -0.4 is 9.64 Å². The van der Waals surface area contributed by atoms with Crippen molar-refractivity contribution in [1.29, 1.82) is 0 Å². The third kappa shape index (κ3) is 5.56. The highest BCUT2D eigenvalue weighted by Gasteiger charge is 2.49. The number of aromatic hydroxyl groups is 1. The van der Waals surface area contributed by atoms with E-state index in [1.165, 1.54) is 24.3 Å². The van der Waals surface area contributed by atoms with Crippen molar-refractivity contribution < 1.29 is 27.8 Å². The van der Waals surface area contributed by atoms with Gasteiger partial charge in [0, 0.05) is 88.0 Å². The van der Waals surface area contributed by atoms with E-state index in [4.69, 9.17) is 31.0 Å². The van der Waals surface area contributed by atoms with E-state index in [0.717, 1.165) is 58.3 Å². The predicted octanol–water partition coefficient (Wildman–Crippen LogP) is 5.95. The number of benzene rings is 3. The lowest BCUT2D eigenvalue weighted by Crippen LogP contribution is -2.54. The minimum atomic E-state index is -0.934. The van der Waals surface area contributed by atoms with Crippen LogP contribution in [-0.4, -0.2) is 111 Å². The van der Waals surface area contributed by atoms with Crippen molar-refractivity contribution in [1.82, 2.24) is 29.5 Å². The van der Waals surface area contributed by atoms with E-state index in [9.17, 15) is 9.50 Å². The number of methoxy groups -OCH3 is 1. The van der Waals surface area contributed by atoms with Crippen molar-refractivity contribution in [2.75, 3.05) is 57.9 Å². The summed E-state index contributed by atoms with van der Waals surface area (Å²) < 4.78 is 61.1. The molecule has 2 bridgehead atoms. The Hall–Kier alpha value is -4.64. The van der Waals surface area contributed by atoms with Crippen molar-refractivity contribution in [3.05, 3.63) is 47.7 Å². The molecule has 13 heteroatoms. The average molecular weight is 726 g/mol. The fourth-order valence-electron chi connectivity index (χ4n) is 9.77. The van der Waals surface area contributed by atoms with E-state index in [1.54, 1.807) is 18.8 Å². The highest BCUT2D eigenvalue weighted by Crippen LogP contribution is 2.47. The van der Waals surface area contributed by atoms with Gasteiger partial charge in [0.25, 0.3) is 0 Å². The summed E-state index contributed by atoms with van der Waals surface area (Å²) in [5, 5.41) is 17.5. The maximum Gasteiger partial charge on any atom is 0.319 e. The number of rotatable bonds is 9. The van der Waals surface area contributed by atoms with Crippen LogP contribution in [0.4, 0.5) is 19.0 Å². The Kier molecular flexibility index (Phi) is 8.40. The second kappa shape index (κ2) is 13.0. The fraction of sp³-hybridized carbons (Fsp3) is 0.475. The fourth-order valence-corrected chi connectivity index (χ4v) is 9.77. The number of hydrogen-bond acceptors (Lipinski definition) is 9. The van der Waals surface area contributed by atoms with Crippen molar-refractivity contribution in [2.24, 2.45) is 7.05 Å². The number of piperazine rings is 1. The summed E-state index contributed by atoms with van der Waals surface area (Å²) in [5.41, 5.74) is 0.0567. The first-order valence-electron chi connectivity index (χ1n) is 18.5. The molecule has 0 spiro atoms. The third-order valence-electron chi connectivity index (χ3n) is 12.0. The highest BCUT2D eigenvalue weighted by atomic mass is 19.1. The summed E-state index contributed by atoms with van der Waals surface area (Å²) in [6.07, 6.45) is 11.7. The van der Waals surface area contributed by atoms with Crippen LogP contribution in [0.25, 0.3) is 43.7 Å². The number of hydrogen-bond donors (Lipinski definition) is 1. The Bertz CT molecular complexity index is 2300. The molecule has 4 saturated heterocycles. The highest BCUT2D eigenvalue weighted by molar-refractivity contribution is 6.18. The molecular weight excluding hydrogens is 683 g/mol. The lowest BCUT2D eigenvalue weighted by Gasteiger charge is -2.42. The number of phenols is 1. The standard InChI is InChI=1S/C40H42F3N7O3/c1-4-28-31(42)10-7-23-15-27(51)16-29(32(23)28)33-35(43)37-34(30-21-47(2)46-36(30)33)38(50-25-8-9-26(50)20-48(19-25)12-6-14-52-3)45-39(44-37)53-22-40-11-5-13-49(40)18-24(41)17-40/h1,7,10,15-16,21,24-26,51H,5-6,8-9,11-14,17-20,22H2,2-3H3/t24-,25?,26?,40+/m1/s1. The Morgan fingerprint density at radius 3 is 2.66 bits per heavy atom. The van der Waals surface area contributed by atoms with Gasteiger partial charge in [-0.05, 0) is 67.8 Å². The zero-order valence-corrected chi connectivity index (χ0v) is 29.9. The van der Waals surface area contributed by atoms with Gasteiger partial charge in [-0.1, -0.05) is 12.0 Å². The van der Waals surface area contributed by atoms with E-state index in [2.05, 4.69) is 20.6 Å². The van der Waals surface area contributed by atoms with Crippen molar-refractivity contribution in [3.8, 4) is 35.2 Å². The number of terminal acetylenes is 1. The molecule has 53 heavy (non-hydrogen) atoms. The number of alkyl halides is 1. The monoisotopic (exact) mass is 725 g/mol. The molecule has 0 aliphatic carbocycles. The lowest BCUT2D eigenvalue weighted by atomic mass is 9.91. The number of ether oxygens (including phenoxy) is 2. The number of phenolic OH excluding ortho intramolecular Hbond substituents is 1. The number of nitrogens with zero attached hydrogens (tertiary/aromatic N) is 7. The Balaban J connectivity index is 1.26. The van der Waals surface area contributed by atoms with Crippen molar-refractivity contribution in [2.45, 2.75) is 62.3 Å². The molecule has 4 atom stereocenters. The number of aromatic nitrogens is 4. The third-order valence-corrected chi connectivity index (χ3v) is 12.0. The summed E-state index contributed by atoms with van der Waals surface area (Å²) in [5.74, 6) is 1.53. The molecule has 5 aromatic rings. The number of aryl methyl sites for hydroxylation is 1. The Labute approximate surface area is 305 Å². The first-order valence-corrected chi connectivity index (χ1v) is 18.5. The van der Waals surface area contributed by atoms with E-state index in [-0.39, 0.29) is 58.0 Å². The molecule has 6 heterocycles. The van der Waals surface area contributed by atoms with Gasteiger partial charge < -0.3 is 19.5 Å². The van der Waals surface area contributed by atoms with Gasteiger partial charge in [-0.3, -0.25) is 14.5 Å². The molecule has 9 rings (SSSR count). The van der Waals surface area contributed by atoms with E-state index in [0.29, 0.717) is 47.1 Å². The summed E-state index contributed by atoms with van der Waals surface area (Å²) >= 11 is 0. The molecule has 276 valence electrons. The first-order chi connectivity index (χ1) is 25.7. The minimum absolute atomic E-state index is 0.0159. The van der Waals surface area contributed by atoms with Crippen LogP contribution in [-0.2, 0) is 11.8 Å². The summed E-state index contributed by atoms with van der Waals surface area (Å²) in [6.45, 7) is 4.63. The van der Waals surface area contributed by atoms with Crippen LogP contribution in [0.2, 0.25) is 0 Å². The molecular formula is C40H42F3N7O3. The molecule has 0 amide bonds. The van der Waals surface area contributed by atoms with Gasteiger partial charge in [-0.25, -0.2) is 13.2 Å². The molecule has 4 aliphatic rings. The number of halogens is 3. The first kappa shape index (κ1) is 34.1. The van der Waals surface area contributed by atoms with Gasteiger partial charge in [0.05, 0.1) is 16.5 Å². The second-order valence-electron chi connectivity index (χ2n) is 15.2. The van der Waals surface area contributed by atoms with Crippen LogP contribution in [0.15, 0.2) is 30.5 Å². The summed E-state index contributed by atoms with van der Waals surface area (Å²) in [7, 11) is 3.47. The second-order valence-corrected chi connectivity index (χ2v) is 15.2. The van der Waals surface area contributed by atoms with Crippen molar-refractivity contribution >= 4 is 38.4 Å².